The number of aryl methyl sites for hydroxylation is 1. The lowest BCUT2D eigenvalue weighted by Crippen LogP contribution is -2.40. The van der Waals surface area contributed by atoms with Gasteiger partial charge in [-0.05, 0) is 42.9 Å². The van der Waals surface area contributed by atoms with E-state index in [1.165, 1.54) is 6.20 Å². The third-order valence-corrected chi connectivity index (χ3v) is 6.00. The van der Waals surface area contributed by atoms with Crippen LogP contribution >= 0.6 is 0 Å². The molecule has 0 radical (unpaired) electrons. The molecule has 2 aliphatic rings. The number of aliphatic hydroxyl groups excluding tert-OH is 1. The number of nitrogens with zero attached hydrogens (tertiary/aromatic N) is 3. The van der Waals surface area contributed by atoms with Crippen molar-refractivity contribution >= 4 is 23.5 Å². The number of allylic oxidation sites excluding steroid dienone is 3. The molecule has 1 amide bonds. The van der Waals surface area contributed by atoms with Gasteiger partial charge in [0.05, 0.1) is 25.4 Å². The highest BCUT2D eigenvalue weighted by molar-refractivity contribution is 5.91. The number of piperidine rings is 1. The Labute approximate surface area is 204 Å². The fraction of sp³-hybridized carbons (Fsp3) is 0.385. The van der Waals surface area contributed by atoms with Crippen molar-refractivity contribution in [3.63, 3.8) is 0 Å². The molecule has 1 aliphatic heterocycles. The number of aliphatic hydroxyl groups is 1. The Balaban J connectivity index is 1.32. The highest BCUT2D eigenvalue weighted by Crippen LogP contribution is 2.25. The van der Waals surface area contributed by atoms with Crippen molar-refractivity contribution in [2.75, 3.05) is 23.3 Å². The molecular weight excluding hydrogens is 448 g/mol. The monoisotopic (exact) mass is 478 g/mol. The highest BCUT2D eigenvalue weighted by Gasteiger charge is 2.24. The van der Waals surface area contributed by atoms with Crippen molar-refractivity contribution in [1.29, 1.82) is 0 Å². The topological polar surface area (TPSA) is 125 Å². The summed E-state index contributed by atoms with van der Waals surface area (Å²) < 4.78 is 6.05. The second-order valence-corrected chi connectivity index (χ2v) is 8.78. The molecule has 2 heterocycles. The Morgan fingerprint density at radius 2 is 1.97 bits per heavy atom. The lowest BCUT2D eigenvalue weighted by Gasteiger charge is -2.34. The molecule has 1 saturated heterocycles. The summed E-state index contributed by atoms with van der Waals surface area (Å²) in [6.07, 6.45) is 10.9. The third kappa shape index (κ3) is 7.05. The molecule has 0 bridgehead atoms. The predicted molar refractivity (Wildman–Crippen MR) is 131 cm³/mol. The zero-order valence-electron chi connectivity index (χ0n) is 19.5. The van der Waals surface area contributed by atoms with E-state index in [9.17, 15) is 14.7 Å². The van der Waals surface area contributed by atoms with Gasteiger partial charge < -0.3 is 25.2 Å². The van der Waals surface area contributed by atoms with Crippen molar-refractivity contribution in [2.45, 2.75) is 51.0 Å². The second kappa shape index (κ2) is 11.5. The van der Waals surface area contributed by atoms with Gasteiger partial charge in [0.1, 0.15) is 17.7 Å². The molecule has 9 heteroatoms. The molecule has 1 atom stereocenters. The molecule has 1 aliphatic carbocycles. The summed E-state index contributed by atoms with van der Waals surface area (Å²) >= 11 is 0. The minimum absolute atomic E-state index is 0.0674. The van der Waals surface area contributed by atoms with Crippen LogP contribution in [0.1, 0.15) is 43.2 Å². The van der Waals surface area contributed by atoms with E-state index in [1.807, 2.05) is 36.4 Å². The van der Waals surface area contributed by atoms with Crippen molar-refractivity contribution in [3.8, 4) is 0 Å². The van der Waals surface area contributed by atoms with E-state index in [4.69, 9.17) is 9.84 Å². The smallest absolute Gasteiger partial charge is 0.303 e. The molecule has 4 rings (SSSR count). The predicted octanol–water partition coefficient (Wildman–Crippen LogP) is 3.78. The van der Waals surface area contributed by atoms with Gasteiger partial charge in [-0.1, -0.05) is 30.3 Å². The molecule has 1 aromatic carbocycles. The van der Waals surface area contributed by atoms with Crippen LogP contribution in [0.4, 0.5) is 11.6 Å². The van der Waals surface area contributed by atoms with E-state index in [0.717, 1.165) is 36.9 Å². The average molecular weight is 479 g/mol. The summed E-state index contributed by atoms with van der Waals surface area (Å²) in [5.74, 6) is 0.846. The number of amides is 1. The average Bonchev–Trinajstić information content (AvgIpc) is 2.85. The quantitative estimate of drug-likeness (QED) is 0.497. The number of anilines is 2. The number of carbonyl (C=O) groups excluding carboxylic acids is 1. The SMILES string of the molecule is O=C(O)CCc1ccc(CC(=O)Nc2cncc(N3CCCC(OC4=C(O)CCC=C4)C3)n2)cc1. The molecule has 0 saturated carbocycles. The van der Waals surface area contributed by atoms with Gasteiger partial charge in [-0.3, -0.25) is 14.6 Å². The molecule has 35 heavy (non-hydrogen) atoms. The van der Waals surface area contributed by atoms with Gasteiger partial charge in [-0.15, -0.1) is 0 Å². The Bertz CT molecular complexity index is 1110. The molecule has 1 unspecified atom stereocenters. The van der Waals surface area contributed by atoms with Crippen molar-refractivity contribution in [2.24, 2.45) is 0 Å². The number of aromatic nitrogens is 2. The first-order valence-corrected chi connectivity index (χ1v) is 11.9. The van der Waals surface area contributed by atoms with Crippen LogP contribution in [0, 0.1) is 0 Å². The fourth-order valence-corrected chi connectivity index (χ4v) is 4.17. The van der Waals surface area contributed by atoms with Crippen molar-refractivity contribution < 1.29 is 24.5 Å². The number of ether oxygens (including phenoxy) is 1. The number of hydrogen-bond donors (Lipinski definition) is 3. The summed E-state index contributed by atoms with van der Waals surface area (Å²) in [7, 11) is 0. The second-order valence-electron chi connectivity index (χ2n) is 8.78. The van der Waals surface area contributed by atoms with Crippen LogP contribution in [0.15, 0.2) is 60.3 Å². The highest BCUT2D eigenvalue weighted by atomic mass is 16.5. The number of benzene rings is 1. The number of hydrogen-bond acceptors (Lipinski definition) is 7. The molecule has 1 fully saturated rings. The van der Waals surface area contributed by atoms with Gasteiger partial charge >= 0.3 is 5.97 Å². The lowest BCUT2D eigenvalue weighted by atomic mass is 10.1. The standard InChI is InChI=1S/C26H30N4O5/c31-21-5-1-2-6-22(21)35-20-4-3-13-30(17-20)24-16-27-15-23(28-24)29-25(32)14-19-9-7-18(8-10-19)11-12-26(33)34/h2,6-10,15-16,20,31H,1,3-5,11-14,17H2,(H,33,34)(H,28,29,32). The Morgan fingerprint density at radius 1 is 1.17 bits per heavy atom. The molecule has 0 spiro atoms. The van der Waals surface area contributed by atoms with E-state index in [-0.39, 0.29) is 24.9 Å². The van der Waals surface area contributed by atoms with Gasteiger partial charge in [-0.25, -0.2) is 4.98 Å². The van der Waals surface area contributed by atoms with Crippen LogP contribution in [0.5, 0.6) is 0 Å². The van der Waals surface area contributed by atoms with E-state index in [0.29, 0.717) is 42.5 Å². The number of carboxylic acid groups (broad SMARTS) is 1. The van der Waals surface area contributed by atoms with Crippen molar-refractivity contribution in [3.05, 3.63) is 71.5 Å². The summed E-state index contributed by atoms with van der Waals surface area (Å²) in [6, 6.07) is 7.36. The van der Waals surface area contributed by atoms with Gasteiger partial charge in [0.25, 0.3) is 0 Å². The minimum Gasteiger partial charge on any atom is -0.508 e. The first-order valence-electron chi connectivity index (χ1n) is 11.9. The maximum atomic E-state index is 12.5. The Morgan fingerprint density at radius 3 is 2.74 bits per heavy atom. The van der Waals surface area contributed by atoms with Gasteiger partial charge in [0.15, 0.2) is 11.6 Å². The maximum absolute atomic E-state index is 12.5. The lowest BCUT2D eigenvalue weighted by molar-refractivity contribution is -0.137. The maximum Gasteiger partial charge on any atom is 0.303 e. The number of nitrogens with one attached hydrogen (secondary N) is 1. The molecule has 1 aromatic heterocycles. The van der Waals surface area contributed by atoms with E-state index < -0.39 is 5.97 Å². The fourth-order valence-electron chi connectivity index (χ4n) is 4.17. The van der Waals surface area contributed by atoms with Gasteiger partial charge in [-0.2, -0.15) is 0 Å². The number of carbonyl (C=O) groups is 2. The Hall–Kier alpha value is -3.88. The molecule has 184 valence electrons. The summed E-state index contributed by atoms with van der Waals surface area (Å²) in [6.45, 7) is 1.42. The molecule has 9 nitrogen and oxygen atoms in total. The zero-order valence-corrected chi connectivity index (χ0v) is 19.5. The largest absolute Gasteiger partial charge is 0.508 e. The minimum atomic E-state index is -0.831. The summed E-state index contributed by atoms with van der Waals surface area (Å²) in [5.41, 5.74) is 1.75. The first kappa shape index (κ1) is 24.3. The zero-order chi connectivity index (χ0) is 24.6. The summed E-state index contributed by atoms with van der Waals surface area (Å²) in [4.78, 5) is 34.2. The van der Waals surface area contributed by atoms with Crippen LogP contribution in [0.25, 0.3) is 0 Å². The molecule has 3 N–H and O–H groups in total. The van der Waals surface area contributed by atoms with Crippen LogP contribution in [-0.4, -0.2) is 51.3 Å². The van der Waals surface area contributed by atoms with Gasteiger partial charge in [0, 0.05) is 19.4 Å². The normalized spacial score (nSPS) is 17.8. The molecular formula is C26H30N4O5. The number of rotatable bonds is 9. The van der Waals surface area contributed by atoms with Crippen LogP contribution in [0.3, 0.4) is 0 Å². The summed E-state index contributed by atoms with van der Waals surface area (Å²) in [5, 5.41) is 21.7. The van der Waals surface area contributed by atoms with Crippen LogP contribution in [0.2, 0.25) is 0 Å². The van der Waals surface area contributed by atoms with Gasteiger partial charge in [0.2, 0.25) is 5.91 Å². The number of carboxylic acids is 1. The Kier molecular flexibility index (Phi) is 7.97. The van der Waals surface area contributed by atoms with E-state index in [1.54, 1.807) is 6.20 Å². The van der Waals surface area contributed by atoms with E-state index >= 15 is 0 Å². The van der Waals surface area contributed by atoms with Crippen LogP contribution < -0.4 is 10.2 Å². The van der Waals surface area contributed by atoms with E-state index in [2.05, 4.69) is 20.2 Å². The first-order chi connectivity index (χ1) is 17.0. The number of aliphatic carboxylic acids is 1. The third-order valence-electron chi connectivity index (χ3n) is 6.00. The molecule has 2 aromatic rings. The van der Waals surface area contributed by atoms with Crippen LogP contribution in [-0.2, 0) is 27.2 Å². The van der Waals surface area contributed by atoms with Crippen molar-refractivity contribution in [1.82, 2.24) is 9.97 Å².